The number of piperazine rings is 1. The SMILES string of the molecule is Cc1c(C(=O)N2C[C@@H](C)C[C@H](C)C2)sc2ncnc(N3CCN(c4ccccc4)CC3)c12. The van der Waals surface area contributed by atoms with Crippen LogP contribution in [0.15, 0.2) is 36.7 Å². The fourth-order valence-corrected chi connectivity index (χ4v) is 6.40. The summed E-state index contributed by atoms with van der Waals surface area (Å²) in [5.74, 6) is 2.22. The normalized spacial score (nSPS) is 21.9. The first-order chi connectivity index (χ1) is 15.5. The molecule has 0 spiro atoms. The molecule has 2 aromatic heterocycles. The van der Waals surface area contributed by atoms with E-state index in [1.807, 2.05) is 4.90 Å². The van der Waals surface area contributed by atoms with Crippen LogP contribution in [0.25, 0.3) is 10.2 Å². The van der Waals surface area contributed by atoms with Crippen LogP contribution in [0.2, 0.25) is 0 Å². The summed E-state index contributed by atoms with van der Waals surface area (Å²) in [6.45, 7) is 12.0. The van der Waals surface area contributed by atoms with Gasteiger partial charge in [0, 0.05) is 45.0 Å². The third-order valence-electron chi connectivity index (χ3n) is 6.76. The predicted molar refractivity (Wildman–Crippen MR) is 132 cm³/mol. The molecule has 0 aliphatic carbocycles. The van der Waals surface area contributed by atoms with E-state index in [0.29, 0.717) is 11.8 Å². The number of amides is 1. The van der Waals surface area contributed by atoms with Crippen LogP contribution in [0.3, 0.4) is 0 Å². The van der Waals surface area contributed by atoms with Gasteiger partial charge < -0.3 is 14.7 Å². The lowest BCUT2D eigenvalue weighted by Gasteiger charge is -2.37. The van der Waals surface area contributed by atoms with Gasteiger partial charge in [0.2, 0.25) is 0 Å². The first-order valence-electron chi connectivity index (χ1n) is 11.6. The number of hydrogen-bond donors (Lipinski definition) is 0. The van der Waals surface area contributed by atoms with Crippen LogP contribution < -0.4 is 9.80 Å². The molecule has 3 aromatic rings. The van der Waals surface area contributed by atoms with Crippen molar-refractivity contribution in [1.29, 1.82) is 0 Å². The second-order valence-corrected chi connectivity index (χ2v) is 10.4. The van der Waals surface area contributed by atoms with E-state index in [9.17, 15) is 4.79 Å². The van der Waals surface area contributed by atoms with Gasteiger partial charge in [-0.15, -0.1) is 11.3 Å². The van der Waals surface area contributed by atoms with Gasteiger partial charge in [-0.05, 0) is 42.9 Å². The lowest BCUT2D eigenvalue weighted by Crippen LogP contribution is -2.46. The van der Waals surface area contributed by atoms with Gasteiger partial charge in [-0.3, -0.25) is 4.79 Å². The first-order valence-corrected chi connectivity index (χ1v) is 12.4. The molecule has 168 valence electrons. The molecule has 6 nitrogen and oxygen atoms in total. The van der Waals surface area contributed by atoms with Crippen molar-refractivity contribution in [2.24, 2.45) is 11.8 Å². The Labute approximate surface area is 193 Å². The third-order valence-corrected chi connectivity index (χ3v) is 7.95. The molecule has 5 rings (SSSR count). The Morgan fingerprint density at radius 1 is 0.969 bits per heavy atom. The minimum Gasteiger partial charge on any atom is -0.368 e. The molecule has 0 unspecified atom stereocenters. The molecule has 1 amide bonds. The highest BCUT2D eigenvalue weighted by Crippen LogP contribution is 2.36. The molecule has 0 radical (unpaired) electrons. The summed E-state index contributed by atoms with van der Waals surface area (Å²) in [5, 5.41) is 1.05. The number of anilines is 2. The number of likely N-dealkylation sites (tertiary alicyclic amines) is 1. The van der Waals surface area contributed by atoms with Gasteiger partial charge >= 0.3 is 0 Å². The van der Waals surface area contributed by atoms with Gasteiger partial charge in [-0.2, -0.15) is 0 Å². The van der Waals surface area contributed by atoms with E-state index in [1.54, 1.807) is 6.33 Å². The molecule has 2 atom stereocenters. The smallest absolute Gasteiger partial charge is 0.264 e. The van der Waals surface area contributed by atoms with Crippen molar-refractivity contribution in [2.45, 2.75) is 27.2 Å². The number of hydrogen-bond acceptors (Lipinski definition) is 6. The number of carbonyl (C=O) groups excluding carboxylic acids is 1. The maximum Gasteiger partial charge on any atom is 0.264 e. The summed E-state index contributed by atoms with van der Waals surface area (Å²) >= 11 is 1.52. The van der Waals surface area contributed by atoms with E-state index in [4.69, 9.17) is 0 Å². The number of rotatable bonds is 3. The summed E-state index contributed by atoms with van der Waals surface area (Å²) in [6, 6.07) is 10.6. The van der Waals surface area contributed by atoms with Crippen LogP contribution in [-0.4, -0.2) is 60.0 Å². The van der Waals surface area contributed by atoms with E-state index in [1.165, 1.54) is 23.4 Å². The van der Waals surface area contributed by atoms with E-state index >= 15 is 0 Å². The number of carbonyl (C=O) groups is 1. The average Bonchev–Trinajstić information content (AvgIpc) is 3.15. The van der Waals surface area contributed by atoms with E-state index < -0.39 is 0 Å². The number of aryl methyl sites for hydroxylation is 1. The zero-order valence-corrected chi connectivity index (χ0v) is 19.9. The van der Waals surface area contributed by atoms with Crippen molar-refractivity contribution in [3.05, 3.63) is 47.1 Å². The second-order valence-electron chi connectivity index (χ2n) is 9.40. The van der Waals surface area contributed by atoms with Crippen molar-refractivity contribution >= 4 is 39.0 Å². The van der Waals surface area contributed by atoms with Gasteiger partial charge in [0.1, 0.15) is 17.0 Å². The molecular formula is C25H31N5OS. The lowest BCUT2D eigenvalue weighted by atomic mass is 9.92. The molecule has 32 heavy (non-hydrogen) atoms. The fourth-order valence-electron chi connectivity index (χ4n) is 5.28. The van der Waals surface area contributed by atoms with Crippen LogP contribution in [0.1, 0.15) is 35.5 Å². The first kappa shape index (κ1) is 21.2. The van der Waals surface area contributed by atoms with Crippen LogP contribution in [0.5, 0.6) is 0 Å². The zero-order chi connectivity index (χ0) is 22.2. The van der Waals surface area contributed by atoms with Crippen molar-refractivity contribution in [3.8, 4) is 0 Å². The number of fused-ring (bicyclic) bond motifs is 1. The molecule has 0 saturated carbocycles. The minimum atomic E-state index is 0.156. The van der Waals surface area contributed by atoms with Gasteiger partial charge in [-0.1, -0.05) is 32.0 Å². The lowest BCUT2D eigenvalue weighted by molar-refractivity contribution is 0.0627. The molecule has 1 aromatic carbocycles. The Hall–Kier alpha value is -2.67. The molecule has 2 saturated heterocycles. The number of para-hydroxylation sites is 1. The Morgan fingerprint density at radius 3 is 2.31 bits per heavy atom. The van der Waals surface area contributed by atoms with Crippen LogP contribution in [0, 0.1) is 18.8 Å². The summed E-state index contributed by atoms with van der Waals surface area (Å²) in [5.41, 5.74) is 2.30. The number of piperidine rings is 1. The monoisotopic (exact) mass is 449 g/mol. The summed E-state index contributed by atoms with van der Waals surface area (Å²) in [4.78, 5) is 31.2. The molecule has 2 aliphatic heterocycles. The van der Waals surface area contributed by atoms with Crippen molar-refractivity contribution < 1.29 is 4.79 Å². The van der Waals surface area contributed by atoms with Crippen LogP contribution in [0.4, 0.5) is 11.5 Å². The standard InChI is InChI=1S/C25H31N5OS/c1-17-13-18(2)15-30(14-17)25(31)22-19(3)21-23(26-16-27-24(21)32-22)29-11-9-28(10-12-29)20-7-5-4-6-8-20/h4-8,16-18H,9-15H2,1-3H3/t17-,18-/m0/s1. The summed E-state index contributed by atoms with van der Waals surface area (Å²) in [6.07, 6.45) is 2.84. The number of aromatic nitrogens is 2. The van der Waals surface area contributed by atoms with Gasteiger partial charge in [0.15, 0.2) is 0 Å². The highest BCUT2D eigenvalue weighted by Gasteiger charge is 2.30. The van der Waals surface area contributed by atoms with Gasteiger partial charge in [0.05, 0.1) is 10.3 Å². The molecule has 0 bridgehead atoms. The number of nitrogens with zero attached hydrogens (tertiary/aromatic N) is 5. The van der Waals surface area contributed by atoms with Crippen molar-refractivity contribution in [1.82, 2.24) is 14.9 Å². The minimum absolute atomic E-state index is 0.156. The maximum absolute atomic E-state index is 13.4. The van der Waals surface area contributed by atoms with Crippen molar-refractivity contribution in [3.63, 3.8) is 0 Å². The average molecular weight is 450 g/mol. The Morgan fingerprint density at radius 2 is 1.62 bits per heavy atom. The summed E-state index contributed by atoms with van der Waals surface area (Å²) < 4.78 is 0. The molecular weight excluding hydrogens is 418 g/mol. The van der Waals surface area contributed by atoms with Gasteiger partial charge in [-0.25, -0.2) is 9.97 Å². The topological polar surface area (TPSA) is 52.6 Å². The van der Waals surface area contributed by atoms with Crippen molar-refractivity contribution in [2.75, 3.05) is 49.1 Å². The molecule has 0 N–H and O–H groups in total. The molecule has 2 fully saturated rings. The number of thiophene rings is 1. The molecule has 4 heterocycles. The van der Waals surface area contributed by atoms with Gasteiger partial charge in [0.25, 0.3) is 5.91 Å². The quantitative estimate of drug-likeness (QED) is 0.592. The highest BCUT2D eigenvalue weighted by atomic mass is 32.1. The van der Waals surface area contributed by atoms with E-state index in [-0.39, 0.29) is 5.91 Å². The zero-order valence-electron chi connectivity index (χ0n) is 19.1. The Kier molecular flexibility index (Phi) is 5.76. The van der Waals surface area contributed by atoms with Crippen LogP contribution in [-0.2, 0) is 0 Å². The predicted octanol–water partition coefficient (Wildman–Crippen LogP) is 4.44. The third kappa shape index (κ3) is 3.94. The van der Waals surface area contributed by atoms with E-state index in [0.717, 1.165) is 65.7 Å². The fraction of sp³-hybridized carbons (Fsp3) is 0.480. The molecule has 2 aliphatic rings. The summed E-state index contributed by atoms with van der Waals surface area (Å²) in [7, 11) is 0. The Bertz CT molecular complexity index is 1100. The maximum atomic E-state index is 13.4. The Balaban J connectivity index is 1.40. The molecule has 7 heteroatoms. The van der Waals surface area contributed by atoms with Crippen LogP contribution >= 0.6 is 11.3 Å². The van der Waals surface area contributed by atoms with E-state index in [2.05, 4.69) is 70.9 Å². The largest absolute Gasteiger partial charge is 0.368 e. The highest BCUT2D eigenvalue weighted by molar-refractivity contribution is 7.20. The second kappa shape index (κ2) is 8.70. The number of benzene rings is 1.